The molecule has 2 aliphatic rings. The molecule has 1 N–H and O–H groups in total. The van der Waals surface area contributed by atoms with Crippen LogP contribution in [0.5, 0.6) is 0 Å². The number of ether oxygens (including phenoxy) is 1. The van der Waals surface area contributed by atoms with E-state index in [1.807, 2.05) is 24.0 Å². The summed E-state index contributed by atoms with van der Waals surface area (Å²) in [7, 11) is 0. The minimum atomic E-state index is 0.112. The van der Waals surface area contributed by atoms with Gasteiger partial charge in [-0.3, -0.25) is 9.69 Å². The van der Waals surface area contributed by atoms with Crippen molar-refractivity contribution >= 4 is 17.2 Å². The number of rotatable bonds is 4. The number of morpholine rings is 1. The van der Waals surface area contributed by atoms with Crippen molar-refractivity contribution in [3.8, 4) is 0 Å². The molecule has 0 bridgehead atoms. The van der Waals surface area contributed by atoms with E-state index in [1.165, 1.54) is 0 Å². The molecule has 6 heteroatoms. The van der Waals surface area contributed by atoms with Crippen LogP contribution in [0.25, 0.3) is 0 Å². The third-order valence-electron chi connectivity index (χ3n) is 4.65. The predicted octanol–water partition coefficient (Wildman–Crippen LogP) is 1.07. The minimum absolute atomic E-state index is 0.112. The Morgan fingerprint density at radius 3 is 2.68 bits per heavy atom. The number of nitrogens with zero attached hydrogens (tertiary/aromatic N) is 2. The molecule has 1 aromatic heterocycles. The number of thiophene rings is 1. The van der Waals surface area contributed by atoms with Gasteiger partial charge in [-0.2, -0.15) is 0 Å². The fourth-order valence-electron chi connectivity index (χ4n) is 3.34. The number of aliphatic hydroxyl groups excluding tert-OH is 1. The summed E-state index contributed by atoms with van der Waals surface area (Å²) in [6.07, 6.45) is 0. The first kappa shape index (κ1) is 15.9. The van der Waals surface area contributed by atoms with Gasteiger partial charge in [0.05, 0.1) is 18.1 Å². The topological polar surface area (TPSA) is 53.0 Å². The summed E-state index contributed by atoms with van der Waals surface area (Å²) >= 11 is 1.55. The lowest BCUT2D eigenvalue weighted by molar-refractivity contribution is 0.0264. The van der Waals surface area contributed by atoms with Gasteiger partial charge in [0.25, 0.3) is 5.91 Å². The van der Waals surface area contributed by atoms with E-state index in [-0.39, 0.29) is 18.4 Å². The van der Waals surface area contributed by atoms with Crippen LogP contribution in [0.3, 0.4) is 0 Å². The van der Waals surface area contributed by atoms with E-state index in [0.717, 1.165) is 49.1 Å². The number of carbonyl (C=O) groups is 1. The highest BCUT2D eigenvalue weighted by molar-refractivity contribution is 7.13. The van der Waals surface area contributed by atoms with Gasteiger partial charge in [-0.25, -0.2) is 0 Å². The molecular formula is C16H24N2O3S. The van der Waals surface area contributed by atoms with E-state index in [0.29, 0.717) is 12.5 Å². The van der Waals surface area contributed by atoms with Crippen molar-refractivity contribution in [3.05, 3.63) is 21.9 Å². The number of carbonyl (C=O) groups excluding carboxylic acids is 1. The van der Waals surface area contributed by atoms with Crippen LogP contribution in [0.4, 0.5) is 0 Å². The summed E-state index contributed by atoms with van der Waals surface area (Å²) in [4.78, 5) is 18.8. The summed E-state index contributed by atoms with van der Waals surface area (Å²) in [6.45, 7) is 8.01. The van der Waals surface area contributed by atoms with Gasteiger partial charge in [0.2, 0.25) is 0 Å². The van der Waals surface area contributed by atoms with Crippen molar-refractivity contribution in [2.45, 2.75) is 6.92 Å². The van der Waals surface area contributed by atoms with Crippen LogP contribution in [0.1, 0.15) is 14.5 Å². The Labute approximate surface area is 135 Å². The fourth-order valence-corrected chi connectivity index (χ4v) is 4.17. The van der Waals surface area contributed by atoms with Gasteiger partial charge in [0.15, 0.2) is 0 Å². The maximum Gasteiger partial charge on any atom is 0.263 e. The normalized spacial score (nSPS) is 26.5. The molecule has 3 rings (SSSR count). The minimum Gasteiger partial charge on any atom is -0.396 e. The first-order valence-corrected chi connectivity index (χ1v) is 8.75. The maximum absolute atomic E-state index is 12.6. The van der Waals surface area contributed by atoms with E-state index in [1.54, 1.807) is 11.3 Å². The molecular weight excluding hydrogens is 300 g/mol. The average molecular weight is 324 g/mol. The number of aryl methyl sites for hydroxylation is 1. The van der Waals surface area contributed by atoms with Crippen molar-refractivity contribution in [2.24, 2.45) is 11.8 Å². The highest BCUT2D eigenvalue weighted by Gasteiger charge is 2.36. The molecule has 3 heterocycles. The van der Waals surface area contributed by atoms with Crippen molar-refractivity contribution in [1.82, 2.24) is 9.80 Å². The van der Waals surface area contributed by atoms with Gasteiger partial charge in [0.1, 0.15) is 0 Å². The van der Waals surface area contributed by atoms with Crippen LogP contribution in [-0.2, 0) is 4.74 Å². The molecule has 0 aliphatic carbocycles. The van der Waals surface area contributed by atoms with E-state index >= 15 is 0 Å². The first-order valence-electron chi connectivity index (χ1n) is 7.94. The van der Waals surface area contributed by atoms with Crippen molar-refractivity contribution < 1.29 is 14.6 Å². The molecule has 1 amide bonds. The number of amides is 1. The monoisotopic (exact) mass is 324 g/mol. The van der Waals surface area contributed by atoms with Crippen molar-refractivity contribution in [3.63, 3.8) is 0 Å². The summed E-state index contributed by atoms with van der Waals surface area (Å²) in [5.41, 5.74) is 0. The Bertz CT molecular complexity index is 513. The highest BCUT2D eigenvalue weighted by Crippen LogP contribution is 2.27. The number of hydrogen-bond acceptors (Lipinski definition) is 5. The van der Waals surface area contributed by atoms with E-state index in [2.05, 4.69) is 4.90 Å². The Morgan fingerprint density at radius 1 is 1.32 bits per heavy atom. The molecule has 1 aromatic rings. The van der Waals surface area contributed by atoms with Crippen LogP contribution in [0.2, 0.25) is 0 Å². The standard InChI is InChI=1S/C16H24N2O3S/c1-12-2-3-15(22-12)16(20)18-9-13(14(10-18)11-19)8-17-4-6-21-7-5-17/h2-3,13-14,19H,4-11H2,1H3/t13-,14-/m1/s1. The number of likely N-dealkylation sites (tertiary alicyclic amines) is 1. The van der Waals surface area contributed by atoms with Crippen molar-refractivity contribution in [2.75, 3.05) is 52.5 Å². The zero-order valence-corrected chi connectivity index (χ0v) is 13.8. The molecule has 22 heavy (non-hydrogen) atoms. The smallest absolute Gasteiger partial charge is 0.263 e. The van der Waals surface area contributed by atoms with Gasteiger partial charge >= 0.3 is 0 Å². The molecule has 2 aliphatic heterocycles. The highest BCUT2D eigenvalue weighted by atomic mass is 32.1. The molecule has 0 aromatic carbocycles. The summed E-state index contributed by atoms with van der Waals surface area (Å²) < 4.78 is 5.38. The Kier molecular flexibility index (Phi) is 5.13. The molecule has 2 saturated heterocycles. The van der Waals surface area contributed by atoms with Crippen LogP contribution in [-0.4, -0.2) is 73.4 Å². The first-order chi connectivity index (χ1) is 10.7. The van der Waals surface area contributed by atoms with Crippen LogP contribution < -0.4 is 0 Å². The molecule has 5 nitrogen and oxygen atoms in total. The van der Waals surface area contributed by atoms with Gasteiger partial charge in [0, 0.05) is 50.1 Å². The molecule has 2 fully saturated rings. The van der Waals surface area contributed by atoms with Gasteiger partial charge in [-0.05, 0) is 25.0 Å². The second-order valence-corrected chi connectivity index (χ2v) is 7.52. The van der Waals surface area contributed by atoms with Crippen LogP contribution in [0, 0.1) is 18.8 Å². The van der Waals surface area contributed by atoms with Gasteiger partial charge in [-0.1, -0.05) is 0 Å². The lowest BCUT2D eigenvalue weighted by Gasteiger charge is -2.30. The summed E-state index contributed by atoms with van der Waals surface area (Å²) in [5.74, 6) is 0.655. The SMILES string of the molecule is Cc1ccc(C(=O)N2C[C@@H](CN3CCOCC3)[C@@H](CO)C2)s1. The molecule has 2 atom stereocenters. The fraction of sp³-hybridized carbons (Fsp3) is 0.688. The Morgan fingerprint density at radius 2 is 2.05 bits per heavy atom. The van der Waals surface area contributed by atoms with Gasteiger partial charge < -0.3 is 14.7 Å². The summed E-state index contributed by atoms with van der Waals surface area (Å²) in [5, 5.41) is 9.66. The quantitative estimate of drug-likeness (QED) is 0.900. The summed E-state index contributed by atoms with van der Waals surface area (Å²) in [6, 6.07) is 3.90. The second-order valence-electron chi connectivity index (χ2n) is 6.24. The Balaban J connectivity index is 1.62. The van der Waals surface area contributed by atoms with Crippen molar-refractivity contribution in [1.29, 1.82) is 0 Å². The second kappa shape index (κ2) is 7.08. The zero-order chi connectivity index (χ0) is 15.5. The number of hydrogen-bond donors (Lipinski definition) is 1. The van der Waals surface area contributed by atoms with E-state index in [9.17, 15) is 9.90 Å². The lowest BCUT2D eigenvalue weighted by atomic mass is 9.96. The predicted molar refractivity (Wildman–Crippen MR) is 86.3 cm³/mol. The molecule has 0 unspecified atom stereocenters. The third kappa shape index (κ3) is 3.51. The molecule has 122 valence electrons. The van der Waals surface area contributed by atoms with Gasteiger partial charge in [-0.15, -0.1) is 11.3 Å². The molecule has 0 saturated carbocycles. The van der Waals surface area contributed by atoms with Crippen LogP contribution >= 0.6 is 11.3 Å². The Hall–Kier alpha value is -0.950. The lowest BCUT2D eigenvalue weighted by Crippen LogP contribution is -2.41. The third-order valence-corrected chi connectivity index (χ3v) is 5.63. The van der Waals surface area contributed by atoms with E-state index < -0.39 is 0 Å². The van der Waals surface area contributed by atoms with Crippen LogP contribution in [0.15, 0.2) is 12.1 Å². The number of aliphatic hydroxyl groups is 1. The molecule has 0 radical (unpaired) electrons. The van der Waals surface area contributed by atoms with E-state index in [4.69, 9.17) is 4.74 Å². The zero-order valence-electron chi connectivity index (χ0n) is 13.0. The largest absolute Gasteiger partial charge is 0.396 e. The molecule has 0 spiro atoms. The maximum atomic E-state index is 12.6. The average Bonchev–Trinajstić information content (AvgIpc) is 3.14.